The lowest BCUT2D eigenvalue weighted by atomic mass is 9.95. The SMILES string of the molecule is Cc1c(-c2ccc(F)cc2)ccc(Cl)c1CC(=O)O. The molecule has 0 atom stereocenters. The minimum absolute atomic E-state index is 0.125. The highest BCUT2D eigenvalue weighted by Crippen LogP contribution is 2.30. The van der Waals surface area contributed by atoms with Crippen molar-refractivity contribution in [2.24, 2.45) is 0 Å². The Morgan fingerprint density at radius 1 is 1.21 bits per heavy atom. The van der Waals surface area contributed by atoms with Crippen molar-refractivity contribution in [3.63, 3.8) is 0 Å². The molecule has 19 heavy (non-hydrogen) atoms. The van der Waals surface area contributed by atoms with E-state index in [0.29, 0.717) is 10.6 Å². The van der Waals surface area contributed by atoms with Gasteiger partial charge in [-0.05, 0) is 47.4 Å². The smallest absolute Gasteiger partial charge is 0.307 e. The number of aliphatic carboxylic acids is 1. The molecule has 2 aromatic carbocycles. The van der Waals surface area contributed by atoms with Crippen molar-refractivity contribution in [2.45, 2.75) is 13.3 Å². The fraction of sp³-hybridized carbons (Fsp3) is 0.133. The molecule has 0 spiro atoms. The molecule has 0 aliphatic rings. The quantitative estimate of drug-likeness (QED) is 0.918. The summed E-state index contributed by atoms with van der Waals surface area (Å²) in [5.74, 6) is -1.23. The van der Waals surface area contributed by atoms with Gasteiger partial charge in [-0.25, -0.2) is 4.39 Å². The van der Waals surface area contributed by atoms with Crippen molar-refractivity contribution < 1.29 is 14.3 Å². The standard InChI is InChI=1S/C15H12ClFO2/c1-9-12(10-2-4-11(17)5-3-10)6-7-14(16)13(9)8-15(18)19/h2-7H,8H2,1H3,(H,18,19). The maximum Gasteiger partial charge on any atom is 0.307 e. The zero-order valence-corrected chi connectivity index (χ0v) is 11.0. The van der Waals surface area contributed by atoms with Gasteiger partial charge in [-0.2, -0.15) is 0 Å². The monoisotopic (exact) mass is 278 g/mol. The second kappa shape index (κ2) is 5.41. The molecule has 0 fully saturated rings. The molecule has 0 radical (unpaired) electrons. The van der Waals surface area contributed by atoms with E-state index in [-0.39, 0.29) is 12.2 Å². The van der Waals surface area contributed by atoms with Crippen molar-refractivity contribution in [3.8, 4) is 11.1 Å². The molecule has 1 N–H and O–H groups in total. The first-order valence-corrected chi connectivity index (χ1v) is 6.12. The summed E-state index contributed by atoms with van der Waals surface area (Å²) in [4.78, 5) is 10.9. The Morgan fingerprint density at radius 3 is 2.42 bits per heavy atom. The average Bonchev–Trinajstić information content (AvgIpc) is 2.36. The second-order valence-electron chi connectivity index (χ2n) is 4.28. The van der Waals surface area contributed by atoms with Gasteiger partial charge in [0.25, 0.3) is 0 Å². The van der Waals surface area contributed by atoms with Crippen molar-refractivity contribution in [3.05, 3.63) is 58.4 Å². The van der Waals surface area contributed by atoms with Gasteiger partial charge in [0, 0.05) is 5.02 Å². The van der Waals surface area contributed by atoms with Crippen molar-refractivity contribution in [2.75, 3.05) is 0 Å². The van der Waals surface area contributed by atoms with Crippen LogP contribution in [0.2, 0.25) is 5.02 Å². The van der Waals surface area contributed by atoms with Crippen molar-refractivity contribution >= 4 is 17.6 Å². The van der Waals surface area contributed by atoms with Crippen LogP contribution in [0.25, 0.3) is 11.1 Å². The lowest BCUT2D eigenvalue weighted by Crippen LogP contribution is -2.03. The molecule has 0 heterocycles. The molecule has 0 saturated heterocycles. The van der Waals surface area contributed by atoms with Crippen molar-refractivity contribution in [1.82, 2.24) is 0 Å². The fourth-order valence-corrected chi connectivity index (χ4v) is 2.31. The van der Waals surface area contributed by atoms with Gasteiger partial charge in [-0.3, -0.25) is 4.79 Å². The number of carboxylic acid groups (broad SMARTS) is 1. The molecule has 0 aliphatic heterocycles. The molecule has 0 amide bonds. The lowest BCUT2D eigenvalue weighted by Gasteiger charge is -2.12. The molecule has 0 aliphatic carbocycles. The van der Waals surface area contributed by atoms with Gasteiger partial charge in [0.2, 0.25) is 0 Å². The van der Waals surface area contributed by atoms with Crippen LogP contribution in [0.4, 0.5) is 4.39 Å². The fourth-order valence-electron chi connectivity index (χ4n) is 2.03. The van der Waals surface area contributed by atoms with Gasteiger partial charge >= 0.3 is 5.97 Å². The Bertz CT molecular complexity index is 621. The van der Waals surface area contributed by atoms with Gasteiger partial charge in [0.15, 0.2) is 0 Å². The Balaban J connectivity index is 2.53. The number of carbonyl (C=O) groups is 1. The Morgan fingerprint density at radius 2 is 1.84 bits per heavy atom. The third-order valence-corrected chi connectivity index (χ3v) is 3.38. The largest absolute Gasteiger partial charge is 0.481 e. The predicted octanol–water partition coefficient (Wildman–Crippen LogP) is 4.08. The number of rotatable bonds is 3. The molecular formula is C15H12ClFO2. The third-order valence-electron chi connectivity index (χ3n) is 3.02. The highest BCUT2D eigenvalue weighted by atomic mass is 35.5. The molecule has 0 aromatic heterocycles. The summed E-state index contributed by atoms with van der Waals surface area (Å²) in [5, 5.41) is 9.34. The van der Waals surface area contributed by atoms with E-state index < -0.39 is 5.97 Å². The normalized spacial score (nSPS) is 10.5. The van der Waals surface area contributed by atoms with Gasteiger partial charge in [0.1, 0.15) is 5.82 Å². The second-order valence-corrected chi connectivity index (χ2v) is 4.68. The topological polar surface area (TPSA) is 37.3 Å². The van der Waals surface area contributed by atoms with Crippen molar-refractivity contribution in [1.29, 1.82) is 0 Å². The maximum absolute atomic E-state index is 12.9. The first-order chi connectivity index (χ1) is 8.99. The summed E-state index contributed by atoms with van der Waals surface area (Å²) in [5.41, 5.74) is 3.10. The van der Waals surface area contributed by atoms with Gasteiger partial charge in [-0.1, -0.05) is 29.8 Å². The summed E-state index contributed by atoms with van der Waals surface area (Å²) >= 11 is 6.03. The molecule has 98 valence electrons. The molecule has 2 rings (SSSR count). The number of hydrogen-bond acceptors (Lipinski definition) is 1. The van der Waals surface area contributed by atoms with Crippen LogP contribution in [-0.4, -0.2) is 11.1 Å². The van der Waals surface area contributed by atoms with E-state index >= 15 is 0 Å². The minimum Gasteiger partial charge on any atom is -0.481 e. The predicted molar refractivity (Wildman–Crippen MR) is 72.9 cm³/mol. The van der Waals surface area contributed by atoms with Gasteiger partial charge < -0.3 is 5.11 Å². The molecule has 0 bridgehead atoms. The molecule has 0 saturated carbocycles. The summed E-state index contributed by atoms with van der Waals surface area (Å²) in [6.07, 6.45) is -0.125. The molecule has 2 aromatic rings. The van der Waals surface area contributed by atoms with Crippen LogP contribution in [0.3, 0.4) is 0 Å². The maximum atomic E-state index is 12.9. The minimum atomic E-state index is -0.929. The highest BCUT2D eigenvalue weighted by Gasteiger charge is 2.13. The Kier molecular flexibility index (Phi) is 3.86. The van der Waals surface area contributed by atoms with Crippen LogP contribution in [0.5, 0.6) is 0 Å². The van der Waals surface area contributed by atoms with E-state index in [1.165, 1.54) is 12.1 Å². The van der Waals surface area contributed by atoms with E-state index in [4.69, 9.17) is 16.7 Å². The van der Waals surface area contributed by atoms with E-state index in [2.05, 4.69) is 0 Å². The number of carboxylic acids is 1. The van der Waals surface area contributed by atoms with Crippen LogP contribution in [0.15, 0.2) is 36.4 Å². The van der Waals surface area contributed by atoms with Gasteiger partial charge in [0.05, 0.1) is 6.42 Å². The van der Waals surface area contributed by atoms with E-state index in [1.54, 1.807) is 18.2 Å². The Labute approximate surface area is 115 Å². The zero-order chi connectivity index (χ0) is 14.0. The Hall–Kier alpha value is -1.87. The molecule has 0 unspecified atom stereocenters. The first-order valence-electron chi connectivity index (χ1n) is 5.74. The third kappa shape index (κ3) is 2.93. The van der Waals surface area contributed by atoms with Crippen LogP contribution < -0.4 is 0 Å². The summed E-state index contributed by atoms with van der Waals surface area (Å²) in [7, 11) is 0. The van der Waals surface area contributed by atoms with Gasteiger partial charge in [-0.15, -0.1) is 0 Å². The van der Waals surface area contributed by atoms with Crippen LogP contribution in [0, 0.1) is 12.7 Å². The van der Waals surface area contributed by atoms with E-state index in [1.807, 2.05) is 13.0 Å². The first kappa shape index (κ1) is 13.6. The number of benzene rings is 2. The van der Waals surface area contributed by atoms with Crippen LogP contribution >= 0.6 is 11.6 Å². The zero-order valence-electron chi connectivity index (χ0n) is 10.3. The average molecular weight is 279 g/mol. The van der Waals surface area contributed by atoms with E-state index in [9.17, 15) is 9.18 Å². The molecule has 2 nitrogen and oxygen atoms in total. The summed E-state index contributed by atoms with van der Waals surface area (Å²) < 4.78 is 12.9. The number of halogens is 2. The molecule has 4 heteroatoms. The summed E-state index contributed by atoms with van der Waals surface area (Å²) in [6, 6.07) is 9.56. The van der Waals surface area contributed by atoms with E-state index in [0.717, 1.165) is 16.7 Å². The lowest BCUT2D eigenvalue weighted by molar-refractivity contribution is -0.136. The van der Waals surface area contributed by atoms with Crippen LogP contribution in [0.1, 0.15) is 11.1 Å². The highest BCUT2D eigenvalue weighted by molar-refractivity contribution is 6.31. The van der Waals surface area contributed by atoms with Crippen LogP contribution in [-0.2, 0) is 11.2 Å². The molecular weight excluding hydrogens is 267 g/mol. The number of hydrogen-bond donors (Lipinski definition) is 1. The summed E-state index contributed by atoms with van der Waals surface area (Å²) in [6.45, 7) is 1.82.